The number of anilines is 1. The van der Waals surface area contributed by atoms with Crippen LogP contribution in [0.25, 0.3) is 0 Å². The Bertz CT molecular complexity index is 482. The van der Waals surface area contributed by atoms with E-state index in [1.165, 1.54) is 24.2 Å². The number of hydrogen-bond acceptors (Lipinski definition) is 5. The van der Waals surface area contributed by atoms with E-state index < -0.39 is 6.09 Å². The predicted octanol–water partition coefficient (Wildman–Crippen LogP) is 2.66. The van der Waals surface area contributed by atoms with Crippen molar-refractivity contribution in [2.75, 3.05) is 25.0 Å². The number of rotatable bonds is 4. The smallest absolute Gasteiger partial charge is 0.413 e. The van der Waals surface area contributed by atoms with Gasteiger partial charge in [-0.05, 0) is 19.8 Å². The number of aromatic nitrogens is 1. The molecule has 1 aromatic heterocycles. The van der Waals surface area contributed by atoms with Gasteiger partial charge in [0.2, 0.25) is 5.91 Å². The van der Waals surface area contributed by atoms with Crippen molar-refractivity contribution in [3.8, 4) is 0 Å². The van der Waals surface area contributed by atoms with Gasteiger partial charge in [-0.15, -0.1) is 11.3 Å². The number of hydrogen-bond donors (Lipinski definition) is 1. The summed E-state index contributed by atoms with van der Waals surface area (Å²) in [5.74, 6) is 0.116. The van der Waals surface area contributed by atoms with Crippen molar-refractivity contribution >= 4 is 28.5 Å². The monoisotopic (exact) mass is 311 g/mol. The number of likely N-dealkylation sites (tertiary alicyclic amines) is 1. The lowest BCUT2D eigenvalue weighted by Crippen LogP contribution is -2.33. The summed E-state index contributed by atoms with van der Waals surface area (Å²) in [7, 11) is 0. The number of thiazole rings is 1. The molecule has 1 fully saturated rings. The molecule has 0 aliphatic carbocycles. The van der Waals surface area contributed by atoms with Crippen molar-refractivity contribution < 1.29 is 14.3 Å². The molecule has 2 heterocycles. The minimum absolute atomic E-state index is 0.116. The Morgan fingerprint density at radius 1 is 1.33 bits per heavy atom. The first-order valence-electron chi connectivity index (χ1n) is 7.35. The van der Waals surface area contributed by atoms with E-state index in [9.17, 15) is 9.59 Å². The fraction of sp³-hybridized carbons (Fsp3) is 0.643. The molecule has 2 amide bonds. The normalized spacial score (nSPS) is 15.4. The molecular formula is C14H21N3O3S. The van der Waals surface area contributed by atoms with E-state index in [-0.39, 0.29) is 5.91 Å². The Labute approximate surface area is 128 Å². The quantitative estimate of drug-likeness (QED) is 0.928. The van der Waals surface area contributed by atoms with Gasteiger partial charge in [-0.1, -0.05) is 12.8 Å². The predicted molar refractivity (Wildman–Crippen MR) is 81.5 cm³/mol. The Hall–Kier alpha value is -1.63. The van der Waals surface area contributed by atoms with Gasteiger partial charge in [0.15, 0.2) is 5.13 Å². The van der Waals surface area contributed by atoms with Crippen LogP contribution in [0.2, 0.25) is 0 Å². The maximum atomic E-state index is 12.2. The molecule has 0 aromatic carbocycles. The zero-order valence-electron chi connectivity index (χ0n) is 12.3. The molecule has 1 aromatic rings. The highest BCUT2D eigenvalue weighted by Gasteiger charge is 2.17. The van der Waals surface area contributed by atoms with E-state index in [1.54, 1.807) is 12.3 Å². The summed E-state index contributed by atoms with van der Waals surface area (Å²) < 4.78 is 4.79. The van der Waals surface area contributed by atoms with Gasteiger partial charge in [-0.25, -0.2) is 9.78 Å². The van der Waals surface area contributed by atoms with Crippen molar-refractivity contribution in [1.29, 1.82) is 0 Å². The van der Waals surface area contributed by atoms with Gasteiger partial charge in [0.25, 0.3) is 0 Å². The second kappa shape index (κ2) is 7.97. The van der Waals surface area contributed by atoms with Gasteiger partial charge in [0.05, 0.1) is 18.7 Å². The molecule has 0 atom stereocenters. The highest BCUT2D eigenvalue weighted by atomic mass is 32.1. The van der Waals surface area contributed by atoms with Crippen LogP contribution in [0.5, 0.6) is 0 Å². The van der Waals surface area contributed by atoms with Crippen molar-refractivity contribution in [1.82, 2.24) is 9.88 Å². The molecule has 0 unspecified atom stereocenters. The molecule has 1 saturated heterocycles. The molecule has 0 spiro atoms. The summed E-state index contributed by atoms with van der Waals surface area (Å²) in [4.78, 5) is 29.7. The van der Waals surface area contributed by atoms with E-state index >= 15 is 0 Å². The molecule has 0 bridgehead atoms. The van der Waals surface area contributed by atoms with E-state index in [4.69, 9.17) is 4.74 Å². The van der Waals surface area contributed by atoms with Gasteiger partial charge in [0.1, 0.15) is 0 Å². The second-order valence-electron chi connectivity index (χ2n) is 4.96. The average Bonchev–Trinajstić information content (AvgIpc) is 2.73. The molecular weight excluding hydrogens is 290 g/mol. The van der Waals surface area contributed by atoms with Crippen LogP contribution in [0.15, 0.2) is 5.38 Å². The van der Waals surface area contributed by atoms with Gasteiger partial charge >= 0.3 is 6.09 Å². The summed E-state index contributed by atoms with van der Waals surface area (Å²) in [5.41, 5.74) is 0.695. The van der Waals surface area contributed by atoms with Crippen molar-refractivity contribution in [3.05, 3.63) is 11.1 Å². The lowest BCUT2D eigenvalue weighted by atomic mass is 10.2. The average molecular weight is 311 g/mol. The summed E-state index contributed by atoms with van der Waals surface area (Å²) in [5, 5.41) is 4.82. The van der Waals surface area contributed by atoms with Crippen LogP contribution in [0.4, 0.5) is 9.93 Å². The maximum Gasteiger partial charge on any atom is 0.413 e. The topological polar surface area (TPSA) is 71.5 Å². The number of carbonyl (C=O) groups excluding carboxylic acids is 2. The first-order valence-corrected chi connectivity index (χ1v) is 8.23. The Kier molecular flexibility index (Phi) is 5.98. The van der Waals surface area contributed by atoms with Crippen molar-refractivity contribution in [3.63, 3.8) is 0 Å². The minimum Gasteiger partial charge on any atom is -0.450 e. The van der Waals surface area contributed by atoms with E-state index in [1.807, 2.05) is 4.90 Å². The third kappa shape index (κ3) is 5.00. The lowest BCUT2D eigenvalue weighted by molar-refractivity contribution is -0.130. The highest BCUT2D eigenvalue weighted by molar-refractivity contribution is 7.13. The maximum absolute atomic E-state index is 12.2. The second-order valence-corrected chi connectivity index (χ2v) is 5.82. The third-order valence-corrected chi connectivity index (χ3v) is 4.13. The van der Waals surface area contributed by atoms with Crippen LogP contribution in [-0.2, 0) is 16.0 Å². The molecule has 1 N–H and O–H groups in total. The summed E-state index contributed by atoms with van der Waals surface area (Å²) >= 11 is 1.30. The number of nitrogens with one attached hydrogen (secondary N) is 1. The molecule has 1 aliphatic rings. The zero-order valence-corrected chi connectivity index (χ0v) is 13.1. The van der Waals surface area contributed by atoms with Crippen LogP contribution in [0.3, 0.4) is 0 Å². The minimum atomic E-state index is -0.516. The first-order chi connectivity index (χ1) is 10.2. The van der Waals surface area contributed by atoms with E-state index in [2.05, 4.69) is 10.3 Å². The molecule has 21 heavy (non-hydrogen) atoms. The number of carbonyl (C=O) groups is 2. The molecule has 0 saturated carbocycles. The summed E-state index contributed by atoms with van der Waals surface area (Å²) in [6.07, 6.45) is 4.34. The van der Waals surface area contributed by atoms with Gasteiger partial charge in [-0.3, -0.25) is 10.1 Å². The molecule has 116 valence electrons. The fourth-order valence-corrected chi connectivity index (χ4v) is 2.98. The van der Waals surface area contributed by atoms with Gasteiger partial charge < -0.3 is 9.64 Å². The van der Waals surface area contributed by atoms with E-state index in [0.29, 0.717) is 23.9 Å². The summed E-state index contributed by atoms with van der Waals surface area (Å²) in [6, 6.07) is 0. The molecule has 6 nitrogen and oxygen atoms in total. The fourth-order valence-electron chi connectivity index (χ4n) is 2.29. The van der Waals surface area contributed by atoms with Gasteiger partial charge in [-0.2, -0.15) is 0 Å². The Balaban J connectivity index is 1.86. The Morgan fingerprint density at radius 3 is 2.71 bits per heavy atom. The molecule has 2 rings (SSSR count). The van der Waals surface area contributed by atoms with Gasteiger partial charge in [0, 0.05) is 18.5 Å². The highest BCUT2D eigenvalue weighted by Crippen LogP contribution is 2.17. The largest absolute Gasteiger partial charge is 0.450 e. The van der Waals surface area contributed by atoms with Crippen LogP contribution in [-0.4, -0.2) is 41.6 Å². The van der Waals surface area contributed by atoms with Crippen LogP contribution >= 0.6 is 11.3 Å². The number of nitrogens with zero attached hydrogens (tertiary/aromatic N) is 2. The summed E-state index contributed by atoms with van der Waals surface area (Å²) in [6.45, 7) is 3.75. The van der Waals surface area contributed by atoms with E-state index in [0.717, 1.165) is 25.9 Å². The molecule has 7 heteroatoms. The SMILES string of the molecule is CCOC(=O)Nc1nc(CC(=O)N2CCCCCC2)cs1. The lowest BCUT2D eigenvalue weighted by Gasteiger charge is -2.19. The number of ether oxygens (including phenoxy) is 1. The molecule has 0 radical (unpaired) electrons. The van der Waals surface area contributed by atoms with Crippen LogP contribution in [0, 0.1) is 0 Å². The van der Waals surface area contributed by atoms with Crippen molar-refractivity contribution in [2.45, 2.75) is 39.0 Å². The zero-order chi connectivity index (χ0) is 15.1. The van der Waals surface area contributed by atoms with Crippen molar-refractivity contribution in [2.24, 2.45) is 0 Å². The standard InChI is InChI=1S/C14H21N3O3S/c1-2-20-14(19)16-13-15-11(10-21-13)9-12(18)17-7-5-3-4-6-8-17/h10H,2-9H2,1H3,(H,15,16,19). The van der Waals surface area contributed by atoms with Crippen LogP contribution in [0.1, 0.15) is 38.3 Å². The Morgan fingerprint density at radius 2 is 2.05 bits per heavy atom. The first kappa shape index (κ1) is 15.8. The third-order valence-electron chi connectivity index (χ3n) is 3.33. The number of amides is 2. The molecule has 1 aliphatic heterocycles. The van der Waals surface area contributed by atoms with Crippen LogP contribution < -0.4 is 5.32 Å².